The lowest BCUT2D eigenvalue weighted by atomic mass is 9.99. The third-order valence-electron chi connectivity index (χ3n) is 5.05. The van der Waals surface area contributed by atoms with Gasteiger partial charge in [-0.05, 0) is 30.3 Å². The smallest absolute Gasteiger partial charge is 0.229 e. The molecular weight excluding hydrogens is 412 g/mol. The number of rotatable bonds is 4. The maximum atomic E-state index is 12.3. The molecule has 1 saturated heterocycles. The van der Waals surface area contributed by atoms with Crippen molar-refractivity contribution in [1.29, 1.82) is 0 Å². The van der Waals surface area contributed by atoms with E-state index in [1.165, 1.54) is 42.5 Å². The van der Waals surface area contributed by atoms with Crippen molar-refractivity contribution in [2.45, 2.75) is 30.7 Å². The van der Waals surface area contributed by atoms with E-state index in [0.717, 1.165) is 0 Å². The van der Waals surface area contributed by atoms with Gasteiger partial charge >= 0.3 is 0 Å². The molecule has 31 heavy (non-hydrogen) atoms. The third-order valence-corrected chi connectivity index (χ3v) is 5.05. The second-order valence-electron chi connectivity index (χ2n) is 7.15. The number of phenols is 2. The van der Waals surface area contributed by atoms with Gasteiger partial charge in [0.25, 0.3) is 0 Å². The minimum absolute atomic E-state index is 0.0704. The van der Waals surface area contributed by atoms with E-state index in [9.17, 15) is 35.4 Å². The molecule has 2 heterocycles. The van der Waals surface area contributed by atoms with Crippen molar-refractivity contribution in [1.82, 2.24) is 0 Å². The molecule has 2 aromatic carbocycles. The van der Waals surface area contributed by atoms with Gasteiger partial charge in [-0.3, -0.25) is 4.79 Å². The Hall–Kier alpha value is -3.15. The summed E-state index contributed by atoms with van der Waals surface area (Å²) >= 11 is 0. The topological polar surface area (TPSA) is 170 Å². The van der Waals surface area contributed by atoms with Crippen molar-refractivity contribution >= 4 is 11.0 Å². The Labute approximate surface area is 174 Å². The number of hydrogen-bond donors (Lipinski definition) is 6. The molecule has 10 heteroatoms. The predicted octanol–water partition coefficient (Wildman–Crippen LogP) is 0.0499. The Morgan fingerprint density at radius 3 is 2.42 bits per heavy atom. The minimum atomic E-state index is -1.64. The average molecular weight is 432 g/mol. The molecular formula is C21H20O10. The van der Waals surface area contributed by atoms with Crippen LogP contribution in [0.4, 0.5) is 0 Å². The Bertz CT molecular complexity index is 1150. The number of aliphatic hydroxyl groups excluding tert-OH is 4. The zero-order chi connectivity index (χ0) is 22.3. The molecule has 0 bridgehead atoms. The highest BCUT2D eigenvalue weighted by Gasteiger charge is 2.44. The largest absolute Gasteiger partial charge is 0.508 e. The molecule has 1 aliphatic rings. The quantitative estimate of drug-likeness (QED) is 0.331. The van der Waals surface area contributed by atoms with E-state index < -0.39 is 37.3 Å². The monoisotopic (exact) mass is 432 g/mol. The first-order valence-corrected chi connectivity index (χ1v) is 9.36. The van der Waals surface area contributed by atoms with Crippen LogP contribution in [-0.4, -0.2) is 68.0 Å². The van der Waals surface area contributed by atoms with Crippen LogP contribution in [0.1, 0.15) is 0 Å². The fraction of sp³-hybridized carbons (Fsp3) is 0.286. The van der Waals surface area contributed by atoms with E-state index in [-0.39, 0.29) is 39.4 Å². The van der Waals surface area contributed by atoms with Gasteiger partial charge < -0.3 is 44.5 Å². The molecule has 0 aliphatic carbocycles. The third kappa shape index (κ3) is 3.94. The second kappa shape index (κ2) is 8.17. The van der Waals surface area contributed by atoms with Crippen LogP contribution in [0.5, 0.6) is 17.2 Å². The molecule has 0 spiro atoms. The lowest BCUT2D eigenvalue weighted by Crippen LogP contribution is -2.60. The number of benzene rings is 2. The van der Waals surface area contributed by atoms with Crippen LogP contribution in [0.15, 0.2) is 51.7 Å². The van der Waals surface area contributed by atoms with E-state index in [1.807, 2.05) is 0 Å². The maximum Gasteiger partial charge on any atom is 0.229 e. The minimum Gasteiger partial charge on any atom is -0.508 e. The van der Waals surface area contributed by atoms with Crippen LogP contribution in [0.2, 0.25) is 0 Å². The number of fused-ring (bicyclic) bond motifs is 1. The first-order valence-electron chi connectivity index (χ1n) is 9.36. The number of ether oxygens (including phenoxy) is 2. The average Bonchev–Trinajstić information content (AvgIpc) is 2.74. The SMILES string of the molecule is O=c1cc(-c2ccc(O[C@@H]3O[C@H](CO)[C@@H](O)[C@H](O)[C@H]3O)c(O)c2)oc2cc(O)ccc12. The summed E-state index contributed by atoms with van der Waals surface area (Å²) in [5, 5.41) is 59.2. The molecule has 0 radical (unpaired) electrons. The number of aliphatic hydroxyl groups is 4. The Morgan fingerprint density at radius 2 is 1.71 bits per heavy atom. The van der Waals surface area contributed by atoms with Gasteiger partial charge in [-0.25, -0.2) is 0 Å². The Balaban J connectivity index is 1.62. The molecule has 1 aromatic heterocycles. The number of phenolic OH excluding ortho intramolecular Hbond substituents is 2. The van der Waals surface area contributed by atoms with E-state index in [1.54, 1.807) is 0 Å². The van der Waals surface area contributed by atoms with Gasteiger partial charge in [0.05, 0.1) is 12.0 Å². The van der Waals surface area contributed by atoms with Gasteiger partial charge in [0.1, 0.15) is 41.5 Å². The van der Waals surface area contributed by atoms with Crippen LogP contribution in [0.3, 0.4) is 0 Å². The van der Waals surface area contributed by atoms with E-state index in [0.29, 0.717) is 5.56 Å². The van der Waals surface area contributed by atoms with Gasteiger partial charge in [0.2, 0.25) is 6.29 Å². The molecule has 3 aromatic rings. The van der Waals surface area contributed by atoms with Crippen molar-refractivity contribution in [3.63, 3.8) is 0 Å². The fourth-order valence-corrected chi connectivity index (χ4v) is 3.35. The lowest BCUT2D eigenvalue weighted by molar-refractivity contribution is -0.277. The highest BCUT2D eigenvalue weighted by Crippen LogP contribution is 2.34. The summed E-state index contributed by atoms with van der Waals surface area (Å²) in [6, 6.07) is 9.42. The summed E-state index contributed by atoms with van der Waals surface area (Å²) in [6.45, 7) is -0.619. The first-order chi connectivity index (χ1) is 14.8. The molecule has 4 rings (SSSR count). The van der Waals surface area contributed by atoms with Crippen LogP contribution in [0.25, 0.3) is 22.3 Å². The van der Waals surface area contributed by atoms with E-state index >= 15 is 0 Å². The lowest BCUT2D eigenvalue weighted by Gasteiger charge is -2.39. The van der Waals surface area contributed by atoms with Crippen LogP contribution < -0.4 is 10.2 Å². The summed E-state index contributed by atoms with van der Waals surface area (Å²) in [5.41, 5.74) is 0.169. The molecule has 1 aliphatic heterocycles. The van der Waals surface area contributed by atoms with Crippen molar-refractivity contribution in [3.05, 3.63) is 52.7 Å². The van der Waals surface area contributed by atoms with Crippen LogP contribution in [0, 0.1) is 0 Å². The molecule has 0 amide bonds. The van der Waals surface area contributed by atoms with Crippen molar-refractivity contribution < 1.29 is 44.5 Å². The summed E-state index contributed by atoms with van der Waals surface area (Å²) in [6.07, 6.45) is -7.42. The molecule has 164 valence electrons. The normalized spacial score (nSPS) is 26.1. The van der Waals surface area contributed by atoms with Gasteiger partial charge in [-0.15, -0.1) is 0 Å². The molecule has 1 fully saturated rings. The molecule has 6 N–H and O–H groups in total. The van der Waals surface area contributed by atoms with E-state index in [2.05, 4.69) is 0 Å². The summed E-state index contributed by atoms with van der Waals surface area (Å²) in [5.74, 6) is -0.432. The molecule has 0 unspecified atom stereocenters. The van der Waals surface area contributed by atoms with Crippen molar-refractivity contribution in [2.24, 2.45) is 0 Å². The highest BCUT2D eigenvalue weighted by molar-refractivity contribution is 5.80. The highest BCUT2D eigenvalue weighted by atomic mass is 16.7. The van der Waals surface area contributed by atoms with Crippen molar-refractivity contribution in [2.75, 3.05) is 6.61 Å². The van der Waals surface area contributed by atoms with Gasteiger partial charge in [0, 0.05) is 17.7 Å². The standard InChI is InChI=1S/C21H20O10/c22-8-17-18(26)19(27)20(28)21(31-17)30-14-4-1-9(5-13(14)25)15-7-12(24)11-3-2-10(23)6-16(11)29-15/h1-7,17-23,25-28H,8H2/t17-,18-,19+,20-,21-/m1/s1. The number of hydrogen-bond acceptors (Lipinski definition) is 10. The second-order valence-corrected chi connectivity index (χ2v) is 7.15. The molecule has 10 nitrogen and oxygen atoms in total. The summed E-state index contributed by atoms with van der Waals surface area (Å²) in [4.78, 5) is 12.3. The van der Waals surface area contributed by atoms with Gasteiger partial charge in [-0.2, -0.15) is 0 Å². The van der Waals surface area contributed by atoms with Crippen LogP contribution in [-0.2, 0) is 4.74 Å². The van der Waals surface area contributed by atoms with E-state index in [4.69, 9.17) is 13.9 Å². The van der Waals surface area contributed by atoms with Gasteiger partial charge in [0.15, 0.2) is 16.9 Å². The summed E-state index contributed by atoms with van der Waals surface area (Å²) in [7, 11) is 0. The number of aromatic hydroxyl groups is 2. The molecule has 0 saturated carbocycles. The zero-order valence-corrected chi connectivity index (χ0v) is 16.0. The zero-order valence-electron chi connectivity index (χ0n) is 16.0. The molecule has 5 atom stereocenters. The van der Waals surface area contributed by atoms with Crippen LogP contribution >= 0.6 is 0 Å². The maximum absolute atomic E-state index is 12.3. The summed E-state index contributed by atoms with van der Waals surface area (Å²) < 4.78 is 16.3. The Morgan fingerprint density at radius 1 is 0.935 bits per heavy atom. The first kappa shape index (κ1) is 21.1. The van der Waals surface area contributed by atoms with Crippen molar-refractivity contribution in [3.8, 4) is 28.6 Å². The predicted molar refractivity (Wildman–Crippen MR) is 106 cm³/mol. The Kier molecular flexibility index (Phi) is 5.56. The fourth-order valence-electron chi connectivity index (χ4n) is 3.35. The van der Waals surface area contributed by atoms with Gasteiger partial charge in [-0.1, -0.05) is 0 Å².